The monoisotopic (exact) mass is 512 g/mol. The van der Waals surface area contributed by atoms with Gasteiger partial charge in [0.1, 0.15) is 17.2 Å². The van der Waals surface area contributed by atoms with Gasteiger partial charge in [0.25, 0.3) is 5.78 Å². The first-order chi connectivity index (χ1) is 17.7. The Labute approximate surface area is 215 Å². The fourth-order valence-corrected chi connectivity index (χ4v) is 5.88. The van der Waals surface area contributed by atoms with Crippen LogP contribution in [0.3, 0.4) is 0 Å². The molecule has 0 bridgehead atoms. The summed E-state index contributed by atoms with van der Waals surface area (Å²) in [7, 11) is 0. The smallest absolute Gasteiger partial charge is 0.301 e. The molecule has 4 heterocycles. The molecule has 1 unspecified atom stereocenters. The lowest BCUT2D eigenvalue weighted by molar-refractivity contribution is -0.132. The van der Waals surface area contributed by atoms with Crippen molar-refractivity contribution in [3.8, 4) is 0 Å². The van der Waals surface area contributed by atoms with Gasteiger partial charge in [-0.3, -0.25) is 14.5 Å². The van der Waals surface area contributed by atoms with E-state index in [0.29, 0.717) is 27.6 Å². The minimum atomic E-state index is -1.01. The number of benzene rings is 2. The van der Waals surface area contributed by atoms with Gasteiger partial charge in [-0.05, 0) is 67.8 Å². The number of hydrogen-bond donors (Lipinski definition) is 1. The first kappa shape index (κ1) is 23.1. The van der Waals surface area contributed by atoms with E-state index in [9.17, 15) is 19.1 Å². The van der Waals surface area contributed by atoms with Crippen LogP contribution < -0.4 is 4.90 Å². The number of aromatic nitrogens is 3. The molecule has 1 N–H and O–H groups in total. The van der Waals surface area contributed by atoms with Crippen molar-refractivity contribution in [3.05, 3.63) is 100 Å². The van der Waals surface area contributed by atoms with E-state index in [4.69, 9.17) is 0 Å². The number of halogens is 1. The Morgan fingerprint density at radius 3 is 2.51 bits per heavy atom. The number of ketones is 1. The van der Waals surface area contributed by atoms with Gasteiger partial charge in [-0.25, -0.2) is 14.4 Å². The summed E-state index contributed by atoms with van der Waals surface area (Å²) in [6.45, 7) is 5.65. The molecule has 37 heavy (non-hydrogen) atoms. The minimum absolute atomic E-state index is 0.115. The molecule has 0 spiro atoms. The summed E-state index contributed by atoms with van der Waals surface area (Å²) in [5, 5.41) is 11.8. The summed E-state index contributed by atoms with van der Waals surface area (Å²) in [4.78, 5) is 37.4. The zero-order valence-electron chi connectivity index (χ0n) is 20.2. The third-order valence-electron chi connectivity index (χ3n) is 6.68. The number of fused-ring (bicyclic) bond motifs is 2. The summed E-state index contributed by atoms with van der Waals surface area (Å²) < 4.78 is 16.5. The van der Waals surface area contributed by atoms with Crippen molar-refractivity contribution in [1.82, 2.24) is 14.4 Å². The van der Waals surface area contributed by atoms with Crippen LogP contribution in [0.25, 0.3) is 21.6 Å². The Bertz CT molecular complexity index is 1780. The molecule has 0 saturated carbocycles. The SMILES string of the molecule is Cc1ccc2nc(N3C(=O)C(=O)/C(=C(/O)c4nc5c(C)cccn5c4C)C3c3ccc(F)cc3)sc2c1. The Kier molecular flexibility index (Phi) is 5.20. The number of thiazole rings is 1. The second kappa shape index (κ2) is 8.35. The van der Waals surface area contributed by atoms with Crippen molar-refractivity contribution in [1.29, 1.82) is 0 Å². The van der Waals surface area contributed by atoms with Gasteiger partial charge in [-0.15, -0.1) is 0 Å². The Morgan fingerprint density at radius 2 is 1.78 bits per heavy atom. The number of Topliss-reactive ketones (excluding diaryl/α,β-unsaturated/α-hetero) is 1. The lowest BCUT2D eigenvalue weighted by Crippen LogP contribution is -2.29. The van der Waals surface area contributed by atoms with Gasteiger partial charge >= 0.3 is 5.91 Å². The van der Waals surface area contributed by atoms with E-state index in [1.54, 1.807) is 6.92 Å². The quantitative estimate of drug-likeness (QED) is 0.192. The molecule has 1 fully saturated rings. The average Bonchev–Trinajstić information content (AvgIpc) is 3.52. The first-order valence-electron chi connectivity index (χ1n) is 11.6. The van der Waals surface area contributed by atoms with Crippen molar-refractivity contribution in [3.63, 3.8) is 0 Å². The minimum Gasteiger partial charge on any atom is -0.505 e. The molecule has 5 aromatic rings. The number of aryl methyl sites for hydroxylation is 3. The van der Waals surface area contributed by atoms with Crippen molar-refractivity contribution in [2.75, 3.05) is 4.90 Å². The average molecular weight is 513 g/mol. The van der Waals surface area contributed by atoms with E-state index in [1.165, 1.54) is 40.5 Å². The number of carbonyl (C=O) groups excluding carboxylic acids is 2. The number of pyridine rings is 1. The number of carbonyl (C=O) groups is 2. The first-order valence-corrected chi connectivity index (χ1v) is 12.4. The van der Waals surface area contributed by atoms with Gasteiger partial charge in [0.2, 0.25) is 0 Å². The van der Waals surface area contributed by atoms with Crippen LogP contribution in [-0.2, 0) is 9.59 Å². The number of imidazole rings is 1. The maximum atomic E-state index is 13.8. The molecule has 6 rings (SSSR count). The number of rotatable bonds is 3. The van der Waals surface area contributed by atoms with Gasteiger partial charge in [-0.1, -0.05) is 35.6 Å². The van der Waals surface area contributed by atoms with E-state index >= 15 is 0 Å². The van der Waals surface area contributed by atoms with Crippen molar-refractivity contribution in [2.24, 2.45) is 0 Å². The topological polar surface area (TPSA) is 87.8 Å². The molecule has 1 amide bonds. The Morgan fingerprint density at radius 1 is 1.03 bits per heavy atom. The number of aliphatic hydroxyl groups excluding tert-OH is 1. The van der Waals surface area contributed by atoms with Crippen LogP contribution in [0.4, 0.5) is 9.52 Å². The molecule has 2 aromatic carbocycles. The maximum Gasteiger partial charge on any atom is 0.301 e. The second-order valence-corrected chi connectivity index (χ2v) is 10.1. The summed E-state index contributed by atoms with van der Waals surface area (Å²) >= 11 is 1.28. The van der Waals surface area contributed by atoms with Crippen LogP contribution in [0.15, 0.2) is 66.4 Å². The van der Waals surface area contributed by atoms with Crippen LogP contribution >= 0.6 is 11.3 Å². The van der Waals surface area contributed by atoms with Crippen molar-refractivity contribution >= 4 is 49.8 Å². The predicted molar refractivity (Wildman–Crippen MR) is 140 cm³/mol. The third-order valence-corrected chi connectivity index (χ3v) is 7.69. The van der Waals surface area contributed by atoms with Gasteiger partial charge in [0.05, 0.1) is 27.5 Å². The van der Waals surface area contributed by atoms with Gasteiger partial charge in [-0.2, -0.15) is 0 Å². The summed E-state index contributed by atoms with van der Waals surface area (Å²) in [5.41, 5.74) is 4.44. The number of anilines is 1. The number of aliphatic hydroxyl groups is 1. The standard InChI is InChI=1S/C28H21FN4O3S/c1-14-6-11-19-20(13-14)37-28(30-19)33-23(17-7-9-18(29)10-8-17)21(25(35)27(33)36)24(34)22-16(3)32-12-4-5-15(2)26(32)31-22/h4-13,23,34H,1-3H3/b24-21+. The summed E-state index contributed by atoms with van der Waals surface area (Å²) in [5.74, 6) is -2.50. The lowest BCUT2D eigenvalue weighted by atomic mass is 9.96. The van der Waals surface area contributed by atoms with Crippen molar-refractivity contribution < 1.29 is 19.1 Å². The maximum absolute atomic E-state index is 13.8. The highest BCUT2D eigenvalue weighted by Crippen LogP contribution is 2.44. The van der Waals surface area contributed by atoms with E-state index in [1.807, 2.05) is 54.8 Å². The van der Waals surface area contributed by atoms with Crippen LogP contribution in [0, 0.1) is 26.6 Å². The molecular formula is C28H21FN4O3S. The van der Waals surface area contributed by atoms with E-state index in [-0.39, 0.29) is 17.0 Å². The predicted octanol–water partition coefficient (Wildman–Crippen LogP) is 5.63. The van der Waals surface area contributed by atoms with Gasteiger partial charge in [0, 0.05) is 6.20 Å². The summed E-state index contributed by atoms with van der Waals surface area (Å²) in [6.07, 6.45) is 1.82. The van der Waals surface area contributed by atoms with E-state index in [2.05, 4.69) is 9.97 Å². The molecular weight excluding hydrogens is 491 g/mol. The highest BCUT2D eigenvalue weighted by atomic mass is 32.1. The Balaban J connectivity index is 1.60. The molecule has 1 atom stereocenters. The second-order valence-electron chi connectivity index (χ2n) is 9.12. The number of nitrogens with zero attached hydrogens (tertiary/aromatic N) is 4. The zero-order valence-corrected chi connectivity index (χ0v) is 21.0. The highest BCUT2D eigenvalue weighted by molar-refractivity contribution is 7.22. The van der Waals surface area contributed by atoms with Crippen LogP contribution in [0.2, 0.25) is 0 Å². The lowest BCUT2D eigenvalue weighted by Gasteiger charge is -2.22. The van der Waals surface area contributed by atoms with Gasteiger partial charge in [0.15, 0.2) is 10.9 Å². The molecule has 0 radical (unpaired) electrons. The van der Waals surface area contributed by atoms with Crippen LogP contribution in [0.5, 0.6) is 0 Å². The highest BCUT2D eigenvalue weighted by Gasteiger charge is 2.48. The van der Waals surface area contributed by atoms with Crippen LogP contribution in [0.1, 0.15) is 34.1 Å². The fraction of sp³-hybridized carbons (Fsp3) is 0.143. The molecule has 9 heteroatoms. The molecule has 184 valence electrons. The molecule has 7 nitrogen and oxygen atoms in total. The molecule has 1 aliphatic heterocycles. The fourth-order valence-electron chi connectivity index (χ4n) is 4.79. The van der Waals surface area contributed by atoms with Crippen LogP contribution in [-0.4, -0.2) is 31.2 Å². The molecule has 1 saturated heterocycles. The molecule has 3 aromatic heterocycles. The zero-order chi connectivity index (χ0) is 26.0. The largest absolute Gasteiger partial charge is 0.505 e. The van der Waals surface area contributed by atoms with E-state index < -0.39 is 23.5 Å². The summed E-state index contributed by atoms with van der Waals surface area (Å²) in [6, 6.07) is 14.0. The third kappa shape index (κ3) is 3.54. The van der Waals surface area contributed by atoms with E-state index in [0.717, 1.165) is 15.8 Å². The molecule has 0 aliphatic carbocycles. The Hall–Kier alpha value is -4.37. The van der Waals surface area contributed by atoms with Gasteiger partial charge < -0.3 is 9.51 Å². The number of amides is 1. The normalized spacial score (nSPS) is 17.4. The van der Waals surface area contributed by atoms with Crippen molar-refractivity contribution in [2.45, 2.75) is 26.8 Å². The molecule has 1 aliphatic rings. The number of hydrogen-bond acceptors (Lipinski definition) is 6.